The van der Waals surface area contributed by atoms with Crippen LogP contribution in [0.3, 0.4) is 0 Å². The van der Waals surface area contributed by atoms with Crippen molar-refractivity contribution in [3.63, 3.8) is 0 Å². The molecule has 3 aromatic carbocycles. The summed E-state index contributed by atoms with van der Waals surface area (Å²) in [5.41, 5.74) is 4.62. The molecule has 0 radical (unpaired) electrons. The Bertz CT molecular complexity index is 2100. The number of benzene rings is 3. The fourth-order valence-electron chi connectivity index (χ4n) is 10.6. The fraction of sp³-hybridized carbons (Fsp3) is 0.538. The minimum Gasteiger partial charge on any atom is -0.453 e. The minimum absolute atomic E-state index is 0.0351. The van der Waals surface area contributed by atoms with Crippen LogP contribution in [0.25, 0.3) is 0 Å². The van der Waals surface area contributed by atoms with Crippen LogP contribution >= 0.6 is 0 Å². The average Bonchev–Trinajstić information content (AvgIpc) is 4.15. The van der Waals surface area contributed by atoms with E-state index in [-0.39, 0.29) is 47.5 Å². The molecule has 16 heteroatoms. The third kappa shape index (κ3) is 11.3. The van der Waals surface area contributed by atoms with Crippen molar-refractivity contribution in [1.29, 1.82) is 0 Å². The molecule has 0 unspecified atom stereocenters. The van der Waals surface area contributed by atoms with E-state index in [0.717, 1.165) is 29.7 Å². The molecule has 3 heterocycles. The molecule has 15 nitrogen and oxygen atoms in total. The number of methoxy groups -OCH3 is 2. The number of hydrogen-bond acceptors (Lipinski definition) is 9. The van der Waals surface area contributed by atoms with E-state index in [9.17, 15) is 28.8 Å². The standard InChI is InChI=1S/C52H73N7O8Si/c1-10-68(11-2,12-3)40-27-25-39(26-28-40)59-41(35-17-21-37(22-18-35)53-47(60)43-15-13-31-57(43)49(62)45(33(4)5)55-51(64)66-8)29-30-42(59)36-19-23-38(24-20-36)54-48(61)44-16-14-32-58(44)50(63)46(34(6)7)56-52(65)67-9/h17-28,33-34,41-46H,10-16,29-32H2,1-9H3,(H,53,60)(H,54,61)(H,55,64)(H,56,65)/q-1/t41-,42+,43-,44-,45-,46-/m0/s1. The quantitative estimate of drug-likeness (QED) is 0.0974. The second-order valence-electron chi connectivity index (χ2n) is 19.2. The second-order valence-corrected chi connectivity index (χ2v) is 24.5. The van der Waals surface area contributed by atoms with Gasteiger partial charge < -0.3 is 45.4 Å². The first kappa shape index (κ1) is 51.5. The Morgan fingerprint density at radius 3 is 1.29 bits per heavy atom. The van der Waals surface area contributed by atoms with Crippen LogP contribution in [0.15, 0.2) is 72.8 Å². The van der Waals surface area contributed by atoms with Gasteiger partial charge in [0.15, 0.2) is 0 Å². The summed E-state index contributed by atoms with van der Waals surface area (Å²) in [7, 11) is 0.900. The first-order valence-electron chi connectivity index (χ1n) is 24.6. The third-order valence-corrected chi connectivity index (χ3v) is 20.4. The van der Waals surface area contributed by atoms with Gasteiger partial charge in [-0.2, -0.15) is 23.3 Å². The summed E-state index contributed by atoms with van der Waals surface area (Å²) in [6.45, 7) is 15.2. The van der Waals surface area contributed by atoms with Crippen molar-refractivity contribution in [1.82, 2.24) is 20.4 Å². The van der Waals surface area contributed by atoms with Crippen molar-refractivity contribution in [3.8, 4) is 0 Å². The van der Waals surface area contributed by atoms with Gasteiger partial charge in [0, 0.05) is 30.2 Å². The number of ether oxygens (including phenoxy) is 2. The number of likely N-dealkylation sites (tertiary alicyclic amines) is 2. The van der Waals surface area contributed by atoms with Gasteiger partial charge in [0.1, 0.15) is 24.2 Å². The van der Waals surface area contributed by atoms with E-state index >= 15 is 0 Å². The zero-order chi connectivity index (χ0) is 49.3. The monoisotopic (exact) mass is 952 g/mol. The van der Waals surface area contributed by atoms with Crippen LogP contribution in [-0.4, -0.2) is 105 Å². The smallest absolute Gasteiger partial charge is 0.407 e. The maximum absolute atomic E-state index is 13.7. The van der Waals surface area contributed by atoms with Crippen molar-refractivity contribution in [3.05, 3.63) is 83.9 Å². The lowest BCUT2D eigenvalue weighted by Gasteiger charge is -2.42. The summed E-state index contributed by atoms with van der Waals surface area (Å²) < 4.78 is 9.51. The fourth-order valence-corrected chi connectivity index (χ4v) is 14.2. The molecule has 68 heavy (non-hydrogen) atoms. The Balaban J connectivity index is 1.20. The highest BCUT2D eigenvalue weighted by Gasteiger charge is 2.41. The number of alkyl carbamates (subject to hydrolysis) is 2. The van der Waals surface area contributed by atoms with Gasteiger partial charge in [-0.3, -0.25) is 19.2 Å². The minimum atomic E-state index is -1.61. The molecule has 6 rings (SSSR count). The molecule has 3 aliphatic rings. The van der Waals surface area contributed by atoms with Gasteiger partial charge in [-0.15, -0.1) is 8.07 Å². The van der Waals surface area contributed by atoms with Gasteiger partial charge in [0.25, 0.3) is 0 Å². The summed E-state index contributed by atoms with van der Waals surface area (Å²) in [5.74, 6) is -1.53. The van der Waals surface area contributed by atoms with Gasteiger partial charge in [-0.1, -0.05) is 84.9 Å². The van der Waals surface area contributed by atoms with Crippen LogP contribution < -0.4 is 31.4 Å². The van der Waals surface area contributed by atoms with E-state index in [1.807, 2.05) is 52.0 Å². The molecule has 6 atom stereocenters. The highest BCUT2D eigenvalue weighted by atomic mass is 28.3. The van der Waals surface area contributed by atoms with Crippen LogP contribution in [0.4, 0.5) is 26.7 Å². The summed E-state index contributed by atoms with van der Waals surface area (Å²) in [4.78, 5) is 84.5. The largest absolute Gasteiger partial charge is 0.453 e. The molecule has 3 aliphatic heterocycles. The summed E-state index contributed by atoms with van der Waals surface area (Å²) in [5, 5.41) is 12.9. The lowest BCUT2D eigenvalue weighted by atomic mass is 10.0. The SMILES string of the molecule is CC[Si-](CC)(CC)c1ccc(N2[C@@H](c3ccc(NC(=O)[C@@H]4CCCN4C(=O)[C@@H](NC(=O)OC)C(C)C)cc3)CC[C@H]2c2ccc(NC(=O)[C@@H]3CCCN3C(=O)[C@@H](NC(=O)OC)C(C)C)cc2)cc1. The summed E-state index contributed by atoms with van der Waals surface area (Å²) >= 11 is 0. The molecule has 0 aliphatic carbocycles. The first-order chi connectivity index (χ1) is 32.6. The Morgan fingerprint density at radius 2 is 0.956 bits per heavy atom. The van der Waals surface area contributed by atoms with Crippen molar-refractivity contribution < 1.29 is 38.2 Å². The number of nitrogens with zero attached hydrogens (tertiary/aromatic N) is 3. The van der Waals surface area contributed by atoms with Crippen molar-refractivity contribution in [2.45, 2.75) is 141 Å². The predicted molar refractivity (Wildman–Crippen MR) is 268 cm³/mol. The molecule has 0 spiro atoms. The average molecular weight is 952 g/mol. The van der Waals surface area contributed by atoms with Crippen LogP contribution in [0, 0.1) is 11.8 Å². The third-order valence-electron chi connectivity index (χ3n) is 14.8. The first-order valence-corrected chi connectivity index (χ1v) is 27.2. The Labute approximate surface area is 403 Å². The van der Waals surface area contributed by atoms with E-state index in [1.165, 1.54) is 37.5 Å². The van der Waals surface area contributed by atoms with Gasteiger partial charge >= 0.3 is 12.2 Å². The zero-order valence-electron chi connectivity index (χ0n) is 41.4. The highest BCUT2D eigenvalue weighted by Crippen LogP contribution is 2.47. The number of carbonyl (C=O) groups excluding carboxylic acids is 6. The van der Waals surface area contributed by atoms with E-state index in [0.29, 0.717) is 50.1 Å². The molecule has 0 saturated carbocycles. The second kappa shape index (κ2) is 22.9. The van der Waals surface area contributed by atoms with Gasteiger partial charge in [0.2, 0.25) is 23.6 Å². The molecule has 3 saturated heterocycles. The number of hydrogen-bond donors (Lipinski definition) is 4. The molecule has 369 valence electrons. The Morgan fingerprint density at radius 1 is 0.574 bits per heavy atom. The maximum atomic E-state index is 13.7. The molecule has 6 amide bonds. The van der Waals surface area contributed by atoms with Gasteiger partial charge in [-0.05, 0) is 97.9 Å². The molecular formula is C52H73N7O8Si-. The molecule has 0 bridgehead atoms. The lowest BCUT2D eigenvalue weighted by molar-refractivity contribution is -0.139. The zero-order valence-corrected chi connectivity index (χ0v) is 42.4. The molecule has 3 aromatic rings. The number of rotatable bonds is 17. The lowest BCUT2D eigenvalue weighted by Crippen LogP contribution is -2.54. The molecule has 0 aromatic heterocycles. The van der Waals surface area contributed by atoms with E-state index < -0.39 is 44.4 Å². The molecule has 3 fully saturated rings. The van der Waals surface area contributed by atoms with Crippen LogP contribution in [-0.2, 0) is 28.7 Å². The van der Waals surface area contributed by atoms with Crippen molar-refractivity contribution in [2.24, 2.45) is 11.8 Å². The summed E-state index contributed by atoms with van der Waals surface area (Å²) in [6.07, 6.45) is 2.81. The van der Waals surface area contributed by atoms with E-state index in [2.05, 4.69) is 95.5 Å². The van der Waals surface area contributed by atoms with E-state index in [1.54, 1.807) is 9.80 Å². The maximum Gasteiger partial charge on any atom is 0.407 e. The van der Waals surface area contributed by atoms with Crippen molar-refractivity contribution >= 4 is 66.1 Å². The number of anilines is 3. The van der Waals surface area contributed by atoms with Crippen LogP contribution in [0.2, 0.25) is 18.1 Å². The predicted octanol–water partition coefficient (Wildman–Crippen LogP) is 8.11. The summed E-state index contributed by atoms with van der Waals surface area (Å²) in [6, 6.07) is 26.0. The van der Waals surface area contributed by atoms with E-state index in [4.69, 9.17) is 9.47 Å². The highest BCUT2D eigenvalue weighted by molar-refractivity contribution is 6.91. The normalized spacial score (nSPS) is 20.2. The van der Waals surface area contributed by atoms with Gasteiger partial charge in [0.05, 0.1) is 26.3 Å². The van der Waals surface area contributed by atoms with Crippen molar-refractivity contribution in [2.75, 3.05) is 42.8 Å². The van der Waals surface area contributed by atoms with Gasteiger partial charge in [-0.25, -0.2) is 9.59 Å². The molecule has 4 N–H and O–H groups in total. The Hall–Kier alpha value is -5.90. The molecular weight excluding hydrogens is 879 g/mol. The Kier molecular flexibility index (Phi) is 17.4. The number of nitrogens with one attached hydrogen (secondary N) is 4. The number of carbonyl (C=O) groups is 6. The van der Waals surface area contributed by atoms with Crippen LogP contribution in [0.5, 0.6) is 0 Å². The topological polar surface area (TPSA) is 179 Å². The van der Waals surface area contributed by atoms with Crippen LogP contribution in [0.1, 0.15) is 110 Å². The number of amides is 6.